The largest absolute Gasteiger partial charge is 0.302 e. The van der Waals surface area contributed by atoms with E-state index in [1.165, 1.54) is 0 Å². The third-order valence-electron chi connectivity index (χ3n) is 7.30. The zero-order valence-corrected chi connectivity index (χ0v) is 17.5. The molecule has 0 amide bonds. The van der Waals surface area contributed by atoms with Gasteiger partial charge in [-0.3, -0.25) is 9.59 Å². The molecular weight excluding hydrogens is 408 g/mol. The molecule has 4 aromatic carbocycles. The highest BCUT2D eigenvalue weighted by atomic mass is 16.1. The standard InChI is InChI=1S/C30H16O3/c31-13-22-16-7-1-4-10-19(16)25-28(22)26-20-11-5-2-8-17(20)24(15-33)30(26)27-21-12-6-3-9-18(21)23(14-32)29(25)27/h1-15,22H. The first-order chi connectivity index (χ1) is 16.3. The topological polar surface area (TPSA) is 51.2 Å². The van der Waals surface area contributed by atoms with Gasteiger partial charge in [-0.2, -0.15) is 0 Å². The van der Waals surface area contributed by atoms with Gasteiger partial charge in [0, 0.05) is 21.9 Å². The molecule has 0 saturated heterocycles. The Hall–Kier alpha value is -4.37. The van der Waals surface area contributed by atoms with Crippen molar-refractivity contribution in [2.75, 3.05) is 0 Å². The van der Waals surface area contributed by atoms with Gasteiger partial charge in [-0.15, -0.1) is 0 Å². The van der Waals surface area contributed by atoms with Crippen LogP contribution in [0.25, 0.3) is 33.4 Å². The second kappa shape index (κ2) is 6.33. The van der Waals surface area contributed by atoms with Gasteiger partial charge in [0.05, 0.1) is 5.92 Å². The van der Waals surface area contributed by atoms with Crippen molar-refractivity contribution in [1.29, 1.82) is 0 Å². The van der Waals surface area contributed by atoms with Crippen LogP contribution in [0.2, 0.25) is 0 Å². The SMILES string of the molecule is O=CC1=c2ccccc2=c2c1c1c(c3c2=C(C=O)c2ccccc2-3)C(C=O)c2ccccc2-1. The number of rotatable bonds is 3. The fourth-order valence-electron chi connectivity index (χ4n) is 6.13. The minimum absolute atomic E-state index is 0.453. The molecule has 0 saturated carbocycles. The summed E-state index contributed by atoms with van der Waals surface area (Å²) in [5.41, 5.74) is 8.60. The van der Waals surface area contributed by atoms with E-state index in [1.807, 2.05) is 72.8 Å². The maximum absolute atomic E-state index is 12.5. The number of hydrogen-bond donors (Lipinski definition) is 0. The lowest BCUT2D eigenvalue weighted by atomic mass is 9.86. The smallest absolute Gasteiger partial charge is 0.151 e. The molecule has 0 fully saturated rings. The van der Waals surface area contributed by atoms with E-state index in [2.05, 4.69) is 0 Å². The minimum Gasteiger partial charge on any atom is -0.302 e. The zero-order chi connectivity index (χ0) is 22.3. The molecule has 3 nitrogen and oxygen atoms in total. The first-order valence-corrected chi connectivity index (χ1v) is 10.9. The van der Waals surface area contributed by atoms with Crippen molar-refractivity contribution < 1.29 is 14.4 Å². The van der Waals surface area contributed by atoms with Crippen molar-refractivity contribution in [3.8, 4) is 22.3 Å². The van der Waals surface area contributed by atoms with Gasteiger partial charge in [0.1, 0.15) is 6.29 Å². The molecule has 0 N–H and O–H groups in total. The van der Waals surface area contributed by atoms with Crippen molar-refractivity contribution in [2.45, 2.75) is 5.92 Å². The van der Waals surface area contributed by atoms with Gasteiger partial charge in [-0.05, 0) is 54.6 Å². The Morgan fingerprint density at radius 3 is 1.91 bits per heavy atom. The second-order valence-corrected chi connectivity index (χ2v) is 8.64. The molecule has 3 heteroatoms. The van der Waals surface area contributed by atoms with Crippen molar-refractivity contribution in [2.24, 2.45) is 0 Å². The quantitative estimate of drug-likeness (QED) is 0.474. The Morgan fingerprint density at radius 1 is 0.545 bits per heavy atom. The van der Waals surface area contributed by atoms with Gasteiger partial charge in [0.2, 0.25) is 0 Å². The van der Waals surface area contributed by atoms with E-state index < -0.39 is 5.92 Å². The Morgan fingerprint density at radius 2 is 1.18 bits per heavy atom. The van der Waals surface area contributed by atoms with E-state index in [9.17, 15) is 14.4 Å². The van der Waals surface area contributed by atoms with Gasteiger partial charge >= 0.3 is 0 Å². The molecule has 1 atom stereocenters. The van der Waals surface area contributed by atoms with Crippen LogP contribution in [-0.4, -0.2) is 18.9 Å². The van der Waals surface area contributed by atoms with E-state index in [0.29, 0.717) is 11.1 Å². The molecule has 0 radical (unpaired) electrons. The number of fused-ring (bicyclic) bond motifs is 11. The molecule has 1 unspecified atom stereocenters. The summed E-state index contributed by atoms with van der Waals surface area (Å²) in [7, 11) is 0. The van der Waals surface area contributed by atoms with Crippen LogP contribution in [0.4, 0.5) is 0 Å². The first-order valence-electron chi connectivity index (χ1n) is 10.9. The van der Waals surface area contributed by atoms with E-state index >= 15 is 0 Å². The fraction of sp³-hybridized carbons (Fsp3) is 0.0333. The summed E-state index contributed by atoms with van der Waals surface area (Å²) in [5.74, 6) is -0.453. The summed E-state index contributed by atoms with van der Waals surface area (Å²) >= 11 is 0. The van der Waals surface area contributed by atoms with Crippen molar-refractivity contribution >= 4 is 30.0 Å². The molecule has 0 heterocycles. The van der Waals surface area contributed by atoms with E-state index in [4.69, 9.17) is 0 Å². The van der Waals surface area contributed by atoms with Crippen molar-refractivity contribution in [3.63, 3.8) is 0 Å². The van der Waals surface area contributed by atoms with Gasteiger partial charge in [-0.25, -0.2) is 0 Å². The summed E-state index contributed by atoms with van der Waals surface area (Å²) in [6, 6.07) is 23.7. The molecule has 33 heavy (non-hydrogen) atoms. The molecule has 0 bridgehead atoms. The average Bonchev–Trinajstić information content (AvgIpc) is 3.48. The highest BCUT2D eigenvalue weighted by Crippen LogP contribution is 2.52. The summed E-state index contributed by atoms with van der Waals surface area (Å²) in [6.45, 7) is 0. The maximum Gasteiger partial charge on any atom is 0.151 e. The Bertz CT molecular complexity index is 1830. The lowest BCUT2D eigenvalue weighted by molar-refractivity contribution is -0.108. The number of hydrogen-bond acceptors (Lipinski definition) is 3. The van der Waals surface area contributed by atoms with Crippen LogP contribution >= 0.6 is 0 Å². The lowest BCUT2D eigenvalue weighted by Gasteiger charge is -2.15. The predicted molar refractivity (Wildman–Crippen MR) is 126 cm³/mol. The van der Waals surface area contributed by atoms with Crippen LogP contribution in [0.1, 0.15) is 28.2 Å². The average molecular weight is 424 g/mol. The molecule has 154 valence electrons. The van der Waals surface area contributed by atoms with E-state index in [0.717, 1.165) is 84.2 Å². The summed E-state index contributed by atoms with van der Waals surface area (Å²) in [6.07, 6.45) is 2.81. The van der Waals surface area contributed by atoms with Crippen LogP contribution in [0.15, 0.2) is 72.8 Å². The highest BCUT2D eigenvalue weighted by molar-refractivity contribution is 6.18. The fourth-order valence-corrected chi connectivity index (χ4v) is 6.13. The predicted octanol–water partition coefficient (Wildman–Crippen LogP) is 3.37. The zero-order valence-electron chi connectivity index (χ0n) is 17.5. The Kier molecular flexibility index (Phi) is 3.50. The van der Waals surface area contributed by atoms with Gasteiger partial charge in [0.25, 0.3) is 0 Å². The lowest BCUT2D eigenvalue weighted by Crippen LogP contribution is -2.15. The van der Waals surface area contributed by atoms with E-state index in [-0.39, 0.29) is 0 Å². The van der Waals surface area contributed by atoms with Gasteiger partial charge in [-0.1, -0.05) is 72.8 Å². The van der Waals surface area contributed by atoms with Crippen LogP contribution < -0.4 is 10.4 Å². The highest BCUT2D eigenvalue weighted by Gasteiger charge is 2.38. The first kappa shape index (κ1) is 18.2. The molecular formula is C30H16O3. The van der Waals surface area contributed by atoms with Gasteiger partial charge < -0.3 is 4.79 Å². The van der Waals surface area contributed by atoms with Crippen LogP contribution in [-0.2, 0) is 14.4 Å². The van der Waals surface area contributed by atoms with Crippen LogP contribution in [0, 0.1) is 10.4 Å². The molecule has 3 aliphatic rings. The van der Waals surface area contributed by atoms with Crippen LogP contribution in [0.5, 0.6) is 0 Å². The number of carbonyl (C=O) groups is 3. The minimum atomic E-state index is -0.453. The van der Waals surface area contributed by atoms with E-state index in [1.54, 1.807) is 0 Å². The molecule has 4 aromatic rings. The molecule has 0 aromatic heterocycles. The molecule has 0 spiro atoms. The number of carbonyl (C=O) groups excluding carboxylic acids is 3. The third-order valence-corrected chi connectivity index (χ3v) is 7.30. The third kappa shape index (κ3) is 2.03. The normalized spacial score (nSPS) is 15.8. The number of benzene rings is 4. The molecule has 3 aliphatic carbocycles. The summed E-state index contributed by atoms with van der Waals surface area (Å²) < 4.78 is 0. The number of aldehydes is 3. The summed E-state index contributed by atoms with van der Waals surface area (Å²) in [4.78, 5) is 37.5. The van der Waals surface area contributed by atoms with Crippen molar-refractivity contribution in [3.05, 3.63) is 116 Å². The second-order valence-electron chi connectivity index (χ2n) is 8.64. The van der Waals surface area contributed by atoms with Gasteiger partial charge in [0.15, 0.2) is 12.6 Å². The monoisotopic (exact) mass is 424 g/mol. The Labute approximate surface area is 188 Å². The van der Waals surface area contributed by atoms with Crippen LogP contribution in [0.3, 0.4) is 0 Å². The molecule has 0 aliphatic heterocycles. The maximum atomic E-state index is 12.5. The van der Waals surface area contributed by atoms with Crippen molar-refractivity contribution in [1.82, 2.24) is 0 Å². The molecule has 7 rings (SSSR count). The summed E-state index contributed by atoms with van der Waals surface area (Å²) in [5, 5.41) is 3.57. The Balaban J connectivity index is 1.88.